The van der Waals surface area contributed by atoms with Crippen LogP contribution in [-0.2, 0) is 24.2 Å². The Labute approximate surface area is 145 Å². The Balaban J connectivity index is 1.62. The van der Waals surface area contributed by atoms with Crippen LogP contribution in [0.15, 0.2) is 16.3 Å². The number of carbonyl (C=O) groups is 1. The minimum absolute atomic E-state index is 0.0642. The number of carbonyl (C=O) groups excluding carboxylic acids is 1. The van der Waals surface area contributed by atoms with E-state index in [0.717, 1.165) is 37.0 Å². The van der Waals surface area contributed by atoms with Crippen molar-refractivity contribution in [3.63, 3.8) is 0 Å². The number of rotatable bonds is 5. The summed E-state index contributed by atoms with van der Waals surface area (Å²) in [6.07, 6.45) is 4.70. The zero-order chi connectivity index (χ0) is 17.2. The number of ether oxygens (including phenoxy) is 3. The van der Waals surface area contributed by atoms with Gasteiger partial charge in [-0.25, -0.2) is 17.9 Å². The van der Waals surface area contributed by atoms with E-state index in [4.69, 9.17) is 9.47 Å². The van der Waals surface area contributed by atoms with Crippen LogP contribution in [0.25, 0.3) is 0 Å². The highest BCUT2D eigenvalue weighted by Gasteiger charge is 2.42. The molecule has 0 amide bonds. The molecule has 1 saturated carbocycles. The largest absolute Gasteiger partial charge is 0.465 e. The molecule has 3 rings (SSSR count). The molecule has 0 aromatic carbocycles. The van der Waals surface area contributed by atoms with Crippen LogP contribution in [0.5, 0.6) is 0 Å². The third-order valence-electron chi connectivity index (χ3n) is 4.32. The highest BCUT2D eigenvalue weighted by Crippen LogP contribution is 2.37. The number of sulfonamides is 1. The van der Waals surface area contributed by atoms with Gasteiger partial charge in [0.25, 0.3) is 0 Å². The van der Waals surface area contributed by atoms with Gasteiger partial charge in [0.15, 0.2) is 5.79 Å². The molecule has 0 radical (unpaired) electrons. The standard InChI is InChI=1S/C15H21NO6S2/c1-20-14(17)13-12(5-8-23-13)24(18,19)16-9-11-10-21-15(22-11)6-3-2-4-7-15/h5,8,11,16H,2-4,6-7,9-10H2,1H3/t11-/m0/s1. The first-order chi connectivity index (χ1) is 11.5. The highest BCUT2D eigenvalue weighted by atomic mass is 32.2. The molecule has 1 aliphatic heterocycles. The van der Waals surface area contributed by atoms with E-state index in [2.05, 4.69) is 9.46 Å². The summed E-state index contributed by atoms with van der Waals surface area (Å²) in [6, 6.07) is 1.40. The maximum absolute atomic E-state index is 12.5. The number of hydrogen-bond acceptors (Lipinski definition) is 7. The number of nitrogens with one attached hydrogen (secondary N) is 1. The summed E-state index contributed by atoms with van der Waals surface area (Å²) >= 11 is 1.04. The number of methoxy groups -OCH3 is 1. The zero-order valence-electron chi connectivity index (χ0n) is 13.4. The van der Waals surface area contributed by atoms with E-state index in [1.807, 2.05) is 0 Å². The molecule has 1 atom stereocenters. The molecule has 2 heterocycles. The van der Waals surface area contributed by atoms with Crippen molar-refractivity contribution in [1.29, 1.82) is 0 Å². The van der Waals surface area contributed by atoms with Crippen LogP contribution >= 0.6 is 11.3 Å². The molecule has 1 aliphatic carbocycles. The third-order valence-corrected chi connectivity index (χ3v) is 6.81. The van der Waals surface area contributed by atoms with E-state index in [0.29, 0.717) is 6.61 Å². The van der Waals surface area contributed by atoms with Gasteiger partial charge in [-0.15, -0.1) is 11.3 Å². The summed E-state index contributed by atoms with van der Waals surface area (Å²) in [4.78, 5) is 11.7. The monoisotopic (exact) mass is 375 g/mol. The quantitative estimate of drug-likeness (QED) is 0.791. The molecule has 7 nitrogen and oxygen atoms in total. The van der Waals surface area contributed by atoms with Gasteiger partial charge in [0.1, 0.15) is 9.77 Å². The lowest BCUT2D eigenvalue weighted by atomic mass is 9.94. The second-order valence-electron chi connectivity index (χ2n) is 5.98. The lowest BCUT2D eigenvalue weighted by molar-refractivity contribution is -0.186. The van der Waals surface area contributed by atoms with E-state index in [9.17, 15) is 13.2 Å². The van der Waals surface area contributed by atoms with E-state index in [1.165, 1.54) is 19.6 Å². The molecular formula is C15H21NO6S2. The van der Waals surface area contributed by atoms with E-state index in [-0.39, 0.29) is 22.4 Å². The van der Waals surface area contributed by atoms with Gasteiger partial charge in [-0.1, -0.05) is 6.42 Å². The van der Waals surface area contributed by atoms with Crippen molar-refractivity contribution in [1.82, 2.24) is 4.72 Å². The molecule has 0 bridgehead atoms. The second-order valence-corrected chi connectivity index (χ2v) is 8.63. The predicted molar refractivity (Wildman–Crippen MR) is 87.5 cm³/mol. The Morgan fingerprint density at radius 3 is 2.88 bits per heavy atom. The van der Waals surface area contributed by atoms with Crippen LogP contribution in [0, 0.1) is 0 Å². The molecule has 2 aliphatic rings. The zero-order valence-corrected chi connectivity index (χ0v) is 15.1. The summed E-state index contributed by atoms with van der Waals surface area (Å²) in [6.45, 7) is 0.483. The van der Waals surface area contributed by atoms with Gasteiger partial charge in [-0.3, -0.25) is 0 Å². The van der Waals surface area contributed by atoms with Gasteiger partial charge in [-0.05, 0) is 24.3 Å². The third kappa shape index (κ3) is 3.65. The number of thiophene rings is 1. The van der Waals surface area contributed by atoms with Crippen LogP contribution in [0.4, 0.5) is 0 Å². The van der Waals surface area contributed by atoms with Crippen molar-refractivity contribution in [2.75, 3.05) is 20.3 Å². The van der Waals surface area contributed by atoms with Crippen molar-refractivity contribution in [3.05, 3.63) is 16.3 Å². The van der Waals surface area contributed by atoms with E-state index < -0.39 is 21.8 Å². The summed E-state index contributed by atoms with van der Waals surface area (Å²) in [5, 5.41) is 1.55. The smallest absolute Gasteiger partial charge is 0.349 e. The van der Waals surface area contributed by atoms with Gasteiger partial charge in [0.2, 0.25) is 10.0 Å². The Morgan fingerprint density at radius 2 is 2.17 bits per heavy atom. The number of esters is 1. The maximum atomic E-state index is 12.5. The van der Waals surface area contributed by atoms with Crippen LogP contribution in [-0.4, -0.2) is 46.5 Å². The molecule has 134 valence electrons. The number of hydrogen-bond donors (Lipinski definition) is 1. The van der Waals surface area contributed by atoms with Gasteiger partial charge in [0.05, 0.1) is 19.8 Å². The molecule has 24 heavy (non-hydrogen) atoms. The van der Waals surface area contributed by atoms with Crippen LogP contribution in [0.2, 0.25) is 0 Å². The van der Waals surface area contributed by atoms with Crippen LogP contribution in [0.3, 0.4) is 0 Å². The minimum atomic E-state index is -3.81. The molecule has 1 aromatic heterocycles. The van der Waals surface area contributed by atoms with Gasteiger partial charge in [-0.2, -0.15) is 0 Å². The van der Waals surface area contributed by atoms with Gasteiger partial charge >= 0.3 is 5.97 Å². The van der Waals surface area contributed by atoms with Crippen molar-refractivity contribution >= 4 is 27.3 Å². The molecule has 1 aromatic rings. The Kier molecular flexibility index (Phi) is 5.26. The van der Waals surface area contributed by atoms with E-state index >= 15 is 0 Å². The minimum Gasteiger partial charge on any atom is -0.465 e. The Hall–Kier alpha value is -1.00. The van der Waals surface area contributed by atoms with Gasteiger partial charge in [0, 0.05) is 19.4 Å². The fraction of sp³-hybridized carbons (Fsp3) is 0.667. The van der Waals surface area contributed by atoms with Crippen LogP contribution in [0.1, 0.15) is 41.8 Å². The second kappa shape index (κ2) is 7.09. The molecule has 2 fully saturated rings. The predicted octanol–water partition coefficient (Wildman–Crippen LogP) is 1.89. The Morgan fingerprint density at radius 1 is 1.42 bits per heavy atom. The first-order valence-electron chi connectivity index (χ1n) is 7.93. The SMILES string of the molecule is COC(=O)c1sccc1S(=O)(=O)NC[C@H]1COC2(CCCCC2)O1. The highest BCUT2D eigenvalue weighted by molar-refractivity contribution is 7.89. The molecule has 1 spiro atoms. The summed E-state index contributed by atoms with van der Waals surface area (Å²) in [7, 11) is -2.59. The summed E-state index contributed by atoms with van der Waals surface area (Å²) in [5.74, 6) is -1.19. The van der Waals surface area contributed by atoms with Crippen molar-refractivity contribution in [2.24, 2.45) is 0 Å². The fourth-order valence-electron chi connectivity index (χ4n) is 3.10. The first-order valence-corrected chi connectivity index (χ1v) is 10.3. The van der Waals surface area contributed by atoms with Crippen molar-refractivity contribution < 1.29 is 27.4 Å². The molecule has 1 saturated heterocycles. The topological polar surface area (TPSA) is 90.9 Å². The lowest BCUT2D eigenvalue weighted by Gasteiger charge is -2.31. The van der Waals surface area contributed by atoms with Gasteiger partial charge < -0.3 is 14.2 Å². The molecule has 0 unspecified atom stereocenters. The van der Waals surface area contributed by atoms with E-state index in [1.54, 1.807) is 5.38 Å². The maximum Gasteiger partial charge on any atom is 0.349 e. The van der Waals surface area contributed by atoms with Crippen molar-refractivity contribution in [3.8, 4) is 0 Å². The average molecular weight is 375 g/mol. The summed E-state index contributed by atoms with van der Waals surface area (Å²) < 4.78 is 43.8. The molecule has 9 heteroatoms. The first kappa shape index (κ1) is 17.8. The van der Waals surface area contributed by atoms with Crippen molar-refractivity contribution in [2.45, 2.75) is 48.9 Å². The molecular weight excluding hydrogens is 354 g/mol. The fourth-order valence-corrected chi connectivity index (χ4v) is 5.50. The lowest BCUT2D eigenvalue weighted by Crippen LogP contribution is -2.37. The molecule has 1 N–H and O–H groups in total. The normalized spacial score (nSPS) is 23.5. The average Bonchev–Trinajstić information content (AvgIpc) is 3.21. The van der Waals surface area contributed by atoms with Crippen LogP contribution < -0.4 is 4.72 Å². The summed E-state index contributed by atoms with van der Waals surface area (Å²) in [5.41, 5.74) is 0. The Bertz CT molecular complexity index is 693.